The number of aryl methyl sites for hydroxylation is 1. The monoisotopic (exact) mass is 429 g/mol. The lowest BCUT2D eigenvalue weighted by Gasteiger charge is -2.19. The van der Waals surface area contributed by atoms with Crippen LogP contribution in [0, 0.1) is 0 Å². The molecule has 0 aliphatic rings. The van der Waals surface area contributed by atoms with Crippen LogP contribution in [0.3, 0.4) is 0 Å². The molecular formula is C22H20ClNO4S. The van der Waals surface area contributed by atoms with E-state index in [0.717, 1.165) is 17.4 Å². The van der Waals surface area contributed by atoms with Gasteiger partial charge in [0.25, 0.3) is 0 Å². The van der Waals surface area contributed by atoms with E-state index in [4.69, 9.17) is 11.6 Å². The van der Waals surface area contributed by atoms with Crippen molar-refractivity contribution in [1.29, 1.82) is 0 Å². The third-order valence-electron chi connectivity index (χ3n) is 4.79. The maximum Gasteiger partial charge on any atom is 0.250 e. The summed E-state index contributed by atoms with van der Waals surface area (Å²) in [5.74, 6) is -0.500. The van der Waals surface area contributed by atoms with E-state index in [1.807, 2.05) is 18.2 Å². The van der Waals surface area contributed by atoms with E-state index >= 15 is 0 Å². The lowest BCUT2D eigenvalue weighted by molar-refractivity contribution is 0.0977. The highest BCUT2D eigenvalue weighted by Gasteiger charge is 2.22. The van der Waals surface area contributed by atoms with E-state index in [-0.39, 0.29) is 28.6 Å². The maximum absolute atomic E-state index is 12.9. The van der Waals surface area contributed by atoms with Gasteiger partial charge in [0, 0.05) is 48.5 Å². The zero-order chi connectivity index (χ0) is 21.2. The van der Waals surface area contributed by atoms with Crippen LogP contribution in [0.5, 0.6) is 0 Å². The van der Waals surface area contributed by atoms with Gasteiger partial charge in [0.2, 0.25) is 5.56 Å². The summed E-state index contributed by atoms with van der Waals surface area (Å²) in [6.45, 7) is 0. The molecule has 0 saturated carbocycles. The summed E-state index contributed by atoms with van der Waals surface area (Å²) in [7, 11) is -1.73. The summed E-state index contributed by atoms with van der Waals surface area (Å²) in [5.41, 5.74) is 1.79. The van der Waals surface area contributed by atoms with E-state index in [0.29, 0.717) is 10.6 Å². The Morgan fingerprint density at radius 3 is 2.28 bits per heavy atom. The summed E-state index contributed by atoms with van der Waals surface area (Å²) in [5, 5.41) is 0.526. The van der Waals surface area contributed by atoms with Gasteiger partial charge in [0.15, 0.2) is 15.6 Å². The fourth-order valence-corrected chi connectivity index (χ4v) is 4.07. The van der Waals surface area contributed by atoms with Crippen LogP contribution in [0.2, 0.25) is 5.02 Å². The number of aromatic nitrogens is 1. The zero-order valence-corrected chi connectivity index (χ0v) is 17.6. The molecule has 1 unspecified atom stereocenters. The van der Waals surface area contributed by atoms with Gasteiger partial charge in [-0.05, 0) is 35.4 Å². The van der Waals surface area contributed by atoms with Crippen molar-refractivity contribution in [3.8, 4) is 0 Å². The van der Waals surface area contributed by atoms with Crippen LogP contribution in [0.1, 0.15) is 33.8 Å². The van der Waals surface area contributed by atoms with Gasteiger partial charge >= 0.3 is 0 Å². The van der Waals surface area contributed by atoms with E-state index in [2.05, 4.69) is 0 Å². The van der Waals surface area contributed by atoms with Crippen molar-refractivity contribution in [3.05, 3.63) is 98.9 Å². The quantitative estimate of drug-likeness (QED) is 0.558. The first-order chi connectivity index (χ1) is 13.7. The molecule has 3 aromatic rings. The van der Waals surface area contributed by atoms with Crippen LogP contribution in [-0.4, -0.2) is 25.0 Å². The smallest absolute Gasteiger partial charge is 0.250 e. The second-order valence-corrected chi connectivity index (χ2v) is 9.33. The highest BCUT2D eigenvalue weighted by molar-refractivity contribution is 7.90. The minimum absolute atomic E-state index is 0.125. The van der Waals surface area contributed by atoms with Gasteiger partial charge in [0.05, 0.1) is 4.90 Å². The number of sulfone groups is 1. The first-order valence-electron chi connectivity index (χ1n) is 8.91. The first-order valence-corrected chi connectivity index (χ1v) is 11.2. The van der Waals surface area contributed by atoms with Crippen molar-refractivity contribution in [1.82, 2.24) is 4.57 Å². The highest BCUT2D eigenvalue weighted by Crippen LogP contribution is 2.34. The molecule has 0 bridgehead atoms. The minimum atomic E-state index is -3.32. The molecule has 0 fully saturated rings. The zero-order valence-electron chi connectivity index (χ0n) is 16.0. The Hall–Kier alpha value is -2.70. The number of rotatable bonds is 6. The van der Waals surface area contributed by atoms with Crippen LogP contribution < -0.4 is 5.56 Å². The normalized spacial score (nSPS) is 12.5. The summed E-state index contributed by atoms with van der Waals surface area (Å²) < 4.78 is 24.9. The molecule has 29 heavy (non-hydrogen) atoms. The van der Waals surface area contributed by atoms with Crippen LogP contribution in [-0.2, 0) is 16.9 Å². The number of Topliss-reactive ketones (excluding diaryl/α,β-unsaturated/α-hetero) is 1. The highest BCUT2D eigenvalue weighted by atomic mass is 35.5. The molecule has 150 valence electrons. The number of halogens is 1. The topological polar surface area (TPSA) is 73.2 Å². The summed E-state index contributed by atoms with van der Waals surface area (Å²) >= 11 is 6.40. The minimum Gasteiger partial charge on any atom is -0.318 e. The second kappa shape index (κ2) is 8.35. The molecule has 1 aromatic heterocycles. The van der Waals surface area contributed by atoms with E-state index in [1.165, 1.54) is 35.0 Å². The number of pyridine rings is 1. The van der Waals surface area contributed by atoms with Crippen LogP contribution in [0.25, 0.3) is 0 Å². The molecule has 7 heteroatoms. The molecule has 2 aromatic carbocycles. The van der Waals surface area contributed by atoms with Gasteiger partial charge in [-0.15, -0.1) is 0 Å². The van der Waals surface area contributed by atoms with Gasteiger partial charge in [-0.2, -0.15) is 0 Å². The van der Waals surface area contributed by atoms with E-state index in [9.17, 15) is 18.0 Å². The Labute approximate surface area is 174 Å². The van der Waals surface area contributed by atoms with E-state index < -0.39 is 9.84 Å². The van der Waals surface area contributed by atoms with Crippen molar-refractivity contribution < 1.29 is 13.2 Å². The molecule has 0 amide bonds. The Bertz CT molecular complexity index is 1210. The van der Waals surface area contributed by atoms with Crippen molar-refractivity contribution in [2.24, 2.45) is 7.05 Å². The summed E-state index contributed by atoms with van der Waals surface area (Å²) in [6.07, 6.45) is 2.79. The number of ketones is 1. The number of hydrogen-bond donors (Lipinski definition) is 0. The number of carbonyl (C=O) groups is 1. The Morgan fingerprint density at radius 2 is 1.69 bits per heavy atom. The molecule has 0 aliphatic carbocycles. The van der Waals surface area contributed by atoms with Crippen molar-refractivity contribution in [2.45, 2.75) is 17.2 Å². The van der Waals surface area contributed by atoms with Crippen molar-refractivity contribution in [3.63, 3.8) is 0 Å². The first kappa shape index (κ1) is 21.0. The van der Waals surface area contributed by atoms with Gasteiger partial charge in [-0.25, -0.2) is 8.42 Å². The number of carbonyl (C=O) groups excluding carboxylic acids is 1. The molecule has 3 rings (SSSR count). The molecule has 1 atom stereocenters. The third-order valence-corrected chi connectivity index (χ3v) is 6.26. The van der Waals surface area contributed by atoms with Gasteiger partial charge in [-0.1, -0.05) is 41.9 Å². The molecule has 5 nitrogen and oxygen atoms in total. The van der Waals surface area contributed by atoms with Gasteiger partial charge < -0.3 is 4.57 Å². The van der Waals surface area contributed by atoms with Crippen LogP contribution >= 0.6 is 11.6 Å². The molecule has 0 aliphatic heterocycles. The second-order valence-electron chi connectivity index (χ2n) is 6.91. The number of hydrogen-bond acceptors (Lipinski definition) is 4. The van der Waals surface area contributed by atoms with Gasteiger partial charge in [0.1, 0.15) is 0 Å². The average Bonchev–Trinajstić information content (AvgIpc) is 2.68. The fraction of sp³-hybridized carbons (Fsp3) is 0.182. The molecule has 0 N–H and O–H groups in total. The molecule has 1 heterocycles. The van der Waals surface area contributed by atoms with Crippen molar-refractivity contribution in [2.75, 3.05) is 6.26 Å². The van der Waals surface area contributed by atoms with Gasteiger partial charge in [-0.3, -0.25) is 9.59 Å². The SMILES string of the molecule is Cn1cc(C(=O)CC(c2ccc(S(C)(=O)=O)cc2)c2ccccc2Cl)ccc1=O. The maximum atomic E-state index is 12.9. The third kappa shape index (κ3) is 4.83. The lowest BCUT2D eigenvalue weighted by Crippen LogP contribution is -2.17. The standard InChI is InChI=1S/C22H20ClNO4S/c1-24-14-16(9-12-22(24)26)21(25)13-19(18-5-3-4-6-20(18)23)15-7-10-17(11-8-15)29(2,27)28/h3-12,14,19H,13H2,1-2H3. The molecule has 0 saturated heterocycles. The average molecular weight is 430 g/mol. The fourth-order valence-electron chi connectivity index (χ4n) is 3.17. The lowest BCUT2D eigenvalue weighted by atomic mass is 9.86. The number of benzene rings is 2. The summed E-state index contributed by atoms with van der Waals surface area (Å²) in [6, 6.07) is 16.6. The molecule has 0 spiro atoms. The number of nitrogens with zero attached hydrogens (tertiary/aromatic N) is 1. The predicted molar refractivity (Wildman–Crippen MR) is 113 cm³/mol. The Kier molecular flexibility index (Phi) is 6.05. The van der Waals surface area contributed by atoms with Crippen LogP contribution in [0.4, 0.5) is 0 Å². The molecular weight excluding hydrogens is 410 g/mol. The van der Waals surface area contributed by atoms with Crippen molar-refractivity contribution >= 4 is 27.2 Å². The largest absolute Gasteiger partial charge is 0.318 e. The Balaban J connectivity index is 2.02. The van der Waals surface area contributed by atoms with E-state index in [1.54, 1.807) is 25.2 Å². The van der Waals surface area contributed by atoms with Crippen LogP contribution in [0.15, 0.2) is 76.6 Å². The molecule has 0 radical (unpaired) electrons. The summed E-state index contributed by atoms with van der Waals surface area (Å²) in [4.78, 5) is 24.8. The predicted octanol–water partition coefficient (Wildman–Crippen LogP) is 3.85. The Morgan fingerprint density at radius 1 is 1.03 bits per heavy atom.